The van der Waals surface area contributed by atoms with E-state index >= 15 is 0 Å². The Morgan fingerprint density at radius 1 is 1.31 bits per heavy atom. The molecule has 1 rings (SSSR count). The molecule has 5 heteroatoms. The molecule has 1 aromatic carbocycles. The first-order valence-electron chi connectivity index (χ1n) is 5.11. The molecule has 0 aliphatic carbocycles. The van der Waals surface area contributed by atoms with Crippen molar-refractivity contribution in [2.24, 2.45) is 0 Å². The van der Waals surface area contributed by atoms with Crippen LogP contribution in [0.4, 0.5) is 5.69 Å². The second-order valence-corrected chi connectivity index (χ2v) is 4.04. The van der Waals surface area contributed by atoms with E-state index in [0.717, 1.165) is 25.1 Å². The number of nitro groups is 1. The van der Waals surface area contributed by atoms with Gasteiger partial charge in [0.1, 0.15) is 0 Å². The second-order valence-electron chi connectivity index (χ2n) is 3.67. The first-order chi connectivity index (χ1) is 7.63. The largest absolute Gasteiger partial charge is 0.305 e. The molecule has 0 aliphatic rings. The zero-order valence-electron chi connectivity index (χ0n) is 9.23. The number of nitro benzene ring substituents is 1. The summed E-state index contributed by atoms with van der Waals surface area (Å²) in [5.74, 6) is 0.622. The van der Waals surface area contributed by atoms with Crippen molar-refractivity contribution in [1.82, 2.24) is 4.90 Å². The van der Waals surface area contributed by atoms with E-state index in [0.29, 0.717) is 5.88 Å². The van der Waals surface area contributed by atoms with Gasteiger partial charge in [-0.3, -0.25) is 10.1 Å². The van der Waals surface area contributed by atoms with Gasteiger partial charge in [0.25, 0.3) is 5.69 Å². The van der Waals surface area contributed by atoms with E-state index in [2.05, 4.69) is 4.90 Å². The highest BCUT2D eigenvalue weighted by Gasteiger charge is 2.04. The van der Waals surface area contributed by atoms with Gasteiger partial charge in [0.05, 0.1) is 4.92 Å². The molecule has 16 heavy (non-hydrogen) atoms. The molecular formula is C11H15ClN2O2. The van der Waals surface area contributed by atoms with Crippen molar-refractivity contribution in [3.63, 3.8) is 0 Å². The van der Waals surface area contributed by atoms with Crippen molar-refractivity contribution in [1.29, 1.82) is 0 Å². The maximum atomic E-state index is 10.4. The third-order valence-corrected chi connectivity index (χ3v) is 2.56. The maximum absolute atomic E-state index is 10.4. The fourth-order valence-electron chi connectivity index (χ4n) is 1.36. The summed E-state index contributed by atoms with van der Waals surface area (Å²) in [6.45, 7) is 1.76. The highest BCUT2D eigenvalue weighted by Crippen LogP contribution is 2.12. The summed E-state index contributed by atoms with van der Waals surface area (Å²) in [6, 6.07) is 6.67. The smallest absolute Gasteiger partial charge is 0.269 e. The van der Waals surface area contributed by atoms with E-state index in [1.165, 1.54) is 12.1 Å². The first-order valence-corrected chi connectivity index (χ1v) is 5.65. The minimum atomic E-state index is -0.386. The van der Waals surface area contributed by atoms with E-state index in [4.69, 9.17) is 11.6 Å². The molecule has 0 heterocycles. The summed E-state index contributed by atoms with van der Waals surface area (Å²) in [4.78, 5) is 12.2. The molecule has 0 radical (unpaired) electrons. The Kier molecular flexibility index (Phi) is 5.22. The lowest BCUT2D eigenvalue weighted by molar-refractivity contribution is -0.384. The van der Waals surface area contributed by atoms with Gasteiger partial charge in [0.2, 0.25) is 0 Å². The van der Waals surface area contributed by atoms with E-state index in [9.17, 15) is 10.1 Å². The number of alkyl halides is 1. The van der Waals surface area contributed by atoms with Crippen molar-refractivity contribution in [3.05, 3.63) is 39.9 Å². The Morgan fingerprint density at radius 3 is 2.44 bits per heavy atom. The van der Waals surface area contributed by atoms with Crippen LogP contribution in [0.1, 0.15) is 5.56 Å². The van der Waals surface area contributed by atoms with Crippen LogP contribution in [0.5, 0.6) is 0 Å². The van der Waals surface area contributed by atoms with Crippen LogP contribution < -0.4 is 0 Å². The average molecular weight is 243 g/mol. The molecule has 0 spiro atoms. The van der Waals surface area contributed by atoms with Gasteiger partial charge < -0.3 is 4.90 Å². The van der Waals surface area contributed by atoms with Crippen LogP contribution in [-0.4, -0.2) is 35.8 Å². The lowest BCUT2D eigenvalue weighted by atomic mass is 10.1. The summed E-state index contributed by atoms with van der Waals surface area (Å²) < 4.78 is 0. The van der Waals surface area contributed by atoms with Gasteiger partial charge in [-0.1, -0.05) is 12.1 Å². The highest BCUT2D eigenvalue weighted by molar-refractivity contribution is 6.18. The van der Waals surface area contributed by atoms with Crippen molar-refractivity contribution >= 4 is 17.3 Å². The maximum Gasteiger partial charge on any atom is 0.269 e. The Labute approximate surface area is 100.0 Å². The summed E-state index contributed by atoms with van der Waals surface area (Å²) in [6.07, 6.45) is 0.880. The summed E-state index contributed by atoms with van der Waals surface area (Å²) >= 11 is 5.62. The predicted octanol–water partition coefficient (Wildman–Crippen LogP) is 2.31. The Bertz CT molecular complexity index is 340. The zero-order valence-corrected chi connectivity index (χ0v) is 9.98. The molecule has 0 atom stereocenters. The minimum absolute atomic E-state index is 0.137. The number of nitrogens with zero attached hydrogens (tertiary/aromatic N) is 2. The topological polar surface area (TPSA) is 46.4 Å². The SMILES string of the molecule is CN(CCCl)CCc1ccc([N+](=O)[O-])cc1. The third kappa shape index (κ3) is 4.16. The van der Waals surface area contributed by atoms with E-state index in [1.807, 2.05) is 7.05 Å². The second kappa shape index (κ2) is 6.45. The third-order valence-electron chi connectivity index (χ3n) is 2.40. The molecule has 0 bridgehead atoms. The molecule has 0 unspecified atom stereocenters. The van der Waals surface area contributed by atoms with Gasteiger partial charge in [0, 0.05) is 31.1 Å². The van der Waals surface area contributed by atoms with Crippen LogP contribution in [0.3, 0.4) is 0 Å². The number of halogens is 1. The Hall–Kier alpha value is -1.13. The van der Waals surface area contributed by atoms with Crippen molar-refractivity contribution in [3.8, 4) is 0 Å². The number of non-ortho nitro benzene ring substituents is 1. The molecule has 0 saturated heterocycles. The van der Waals surface area contributed by atoms with Crippen LogP contribution >= 0.6 is 11.6 Å². The van der Waals surface area contributed by atoms with Crippen LogP contribution in [0.15, 0.2) is 24.3 Å². The van der Waals surface area contributed by atoms with Gasteiger partial charge >= 0.3 is 0 Å². The molecule has 0 aliphatic heterocycles. The van der Waals surface area contributed by atoms with Crippen molar-refractivity contribution in [2.45, 2.75) is 6.42 Å². The Morgan fingerprint density at radius 2 is 1.94 bits per heavy atom. The van der Waals surface area contributed by atoms with Gasteiger partial charge in [-0.15, -0.1) is 11.6 Å². The predicted molar refractivity (Wildman–Crippen MR) is 65.0 cm³/mol. The number of likely N-dealkylation sites (N-methyl/N-ethyl adjacent to an activating group) is 1. The summed E-state index contributed by atoms with van der Waals surface area (Å²) in [5, 5.41) is 10.4. The fourth-order valence-corrected chi connectivity index (χ4v) is 1.65. The molecule has 0 amide bonds. The molecule has 88 valence electrons. The fraction of sp³-hybridized carbons (Fsp3) is 0.455. The molecule has 0 fully saturated rings. The van der Waals surface area contributed by atoms with Crippen molar-refractivity contribution < 1.29 is 4.92 Å². The number of hydrogen-bond donors (Lipinski definition) is 0. The molecule has 1 aromatic rings. The van der Waals surface area contributed by atoms with Crippen LogP contribution in [0.25, 0.3) is 0 Å². The number of rotatable bonds is 6. The first kappa shape index (κ1) is 12.9. The molecule has 0 N–H and O–H groups in total. The average Bonchev–Trinajstić information content (AvgIpc) is 2.27. The van der Waals surface area contributed by atoms with Crippen molar-refractivity contribution in [2.75, 3.05) is 26.0 Å². The lowest BCUT2D eigenvalue weighted by Crippen LogP contribution is -2.23. The summed E-state index contributed by atoms with van der Waals surface area (Å²) in [7, 11) is 2.01. The van der Waals surface area contributed by atoms with Gasteiger partial charge in [-0.25, -0.2) is 0 Å². The monoisotopic (exact) mass is 242 g/mol. The van der Waals surface area contributed by atoms with Gasteiger partial charge in [-0.05, 0) is 19.0 Å². The van der Waals surface area contributed by atoms with E-state index in [-0.39, 0.29) is 10.6 Å². The normalized spacial score (nSPS) is 10.7. The molecule has 0 aromatic heterocycles. The number of benzene rings is 1. The Balaban J connectivity index is 2.46. The van der Waals surface area contributed by atoms with Crippen LogP contribution in [-0.2, 0) is 6.42 Å². The molecule has 0 saturated carbocycles. The highest BCUT2D eigenvalue weighted by atomic mass is 35.5. The number of hydrogen-bond acceptors (Lipinski definition) is 3. The quantitative estimate of drug-likeness (QED) is 0.437. The van der Waals surface area contributed by atoms with Gasteiger partial charge in [-0.2, -0.15) is 0 Å². The zero-order chi connectivity index (χ0) is 12.0. The van der Waals surface area contributed by atoms with E-state index < -0.39 is 0 Å². The lowest BCUT2D eigenvalue weighted by Gasteiger charge is -2.14. The standard InChI is InChI=1S/C11H15ClN2O2/c1-13(9-7-12)8-6-10-2-4-11(5-3-10)14(15)16/h2-5H,6-9H2,1H3. The van der Waals surface area contributed by atoms with E-state index in [1.54, 1.807) is 12.1 Å². The van der Waals surface area contributed by atoms with Crippen LogP contribution in [0, 0.1) is 10.1 Å². The molecular weight excluding hydrogens is 228 g/mol. The summed E-state index contributed by atoms with van der Waals surface area (Å²) in [5.41, 5.74) is 1.24. The van der Waals surface area contributed by atoms with Crippen LogP contribution in [0.2, 0.25) is 0 Å². The minimum Gasteiger partial charge on any atom is -0.305 e. The van der Waals surface area contributed by atoms with Gasteiger partial charge in [0.15, 0.2) is 0 Å². The molecule has 4 nitrogen and oxygen atoms in total.